The van der Waals surface area contributed by atoms with Crippen molar-refractivity contribution in [1.29, 1.82) is 0 Å². The van der Waals surface area contributed by atoms with Gasteiger partial charge in [-0.15, -0.1) is 0 Å². The minimum atomic E-state index is -0.468. The second kappa shape index (κ2) is 7.22. The first-order chi connectivity index (χ1) is 9.19. The van der Waals surface area contributed by atoms with Gasteiger partial charge in [0.2, 0.25) is 0 Å². The molecule has 0 radical (unpaired) electrons. The number of piperazine rings is 1. The Morgan fingerprint density at radius 3 is 2.47 bits per heavy atom. The van der Waals surface area contributed by atoms with Crippen molar-refractivity contribution in [2.24, 2.45) is 11.7 Å². The molecule has 5 heteroatoms. The summed E-state index contributed by atoms with van der Waals surface area (Å²) in [5, 5.41) is 0. The van der Waals surface area contributed by atoms with Gasteiger partial charge < -0.3 is 20.3 Å². The zero-order chi connectivity index (χ0) is 13.7. The van der Waals surface area contributed by atoms with Gasteiger partial charge in [-0.2, -0.15) is 0 Å². The lowest BCUT2D eigenvalue weighted by atomic mass is 10.2. The van der Waals surface area contributed by atoms with Gasteiger partial charge in [-0.25, -0.2) is 0 Å². The standard InChI is InChI=1S/C14H27N3O2/c1-2-19-14(18)13(15)5-6-16-7-9-17(10-8-16)11-12-3-4-12/h12-13H,2-11,15H2,1H3. The lowest BCUT2D eigenvalue weighted by Crippen LogP contribution is -2.48. The third-order valence-electron chi connectivity index (χ3n) is 4.02. The van der Waals surface area contributed by atoms with Crippen LogP contribution in [0.1, 0.15) is 26.2 Å². The summed E-state index contributed by atoms with van der Waals surface area (Å²) in [6.45, 7) is 8.92. The molecule has 110 valence electrons. The fraction of sp³-hybridized carbons (Fsp3) is 0.929. The largest absolute Gasteiger partial charge is 0.465 e. The van der Waals surface area contributed by atoms with E-state index in [-0.39, 0.29) is 5.97 Å². The van der Waals surface area contributed by atoms with E-state index >= 15 is 0 Å². The summed E-state index contributed by atoms with van der Waals surface area (Å²) in [6.07, 6.45) is 3.55. The second-order valence-corrected chi connectivity index (χ2v) is 5.73. The summed E-state index contributed by atoms with van der Waals surface area (Å²) in [6, 6.07) is -0.468. The van der Waals surface area contributed by atoms with Gasteiger partial charge in [0.1, 0.15) is 6.04 Å². The molecule has 5 nitrogen and oxygen atoms in total. The van der Waals surface area contributed by atoms with Crippen molar-refractivity contribution < 1.29 is 9.53 Å². The Balaban J connectivity index is 1.58. The molecule has 1 saturated heterocycles. The van der Waals surface area contributed by atoms with Crippen molar-refractivity contribution in [2.45, 2.75) is 32.2 Å². The number of hydrogen-bond acceptors (Lipinski definition) is 5. The molecule has 0 bridgehead atoms. The monoisotopic (exact) mass is 269 g/mol. The average molecular weight is 269 g/mol. The molecule has 0 spiro atoms. The maximum atomic E-state index is 11.4. The Kier molecular flexibility index (Phi) is 5.60. The molecule has 0 amide bonds. The van der Waals surface area contributed by atoms with Gasteiger partial charge in [0.15, 0.2) is 0 Å². The number of rotatable bonds is 7. The van der Waals surface area contributed by atoms with E-state index in [0.717, 1.165) is 38.6 Å². The fourth-order valence-electron chi connectivity index (χ4n) is 2.55. The average Bonchev–Trinajstić information content (AvgIpc) is 3.22. The Bertz CT molecular complexity index is 286. The van der Waals surface area contributed by atoms with Crippen molar-refractivity contribution in [3.63, 3.8) is 0 Å². The minimum Gasteiger partial charge on any atom is -0.465 e. The third-order valence-corrected chi connectivity index (χ3v) is 4.02. The zero-order valence-corrected chi connectivity index (χ0v) is 12.0. The summed E-state index contributed by atoms with van der Waals surface area (Å²) in [7, 11) is 0. The summed E-state index contributed by atoms with van der Waals surface area (Å²) in [4.78, 5) is 16.4. The van der Waals surface area contributed by atoms with Crippen LogP contribution >= 0.6 is 0 Å². The van der Waals surface area contributed by atoms with Crippen LogP contribution in [0.25, 0.3) is 0 Å². The van der Waals surface area contributed by atoms with Crippen LogP contribution in [0, 0.1) is 5.92 Å². The van der Waals surface area contributed by atoms with Crippen LogP contribution in [0.2, 0.25) is 0 Å². The minimum absolute atomic E-state index is 0.269. The van der Waals surface area contributed by atoms with E-state index < -0.39 is 6.04 Å². The number of nitrogens with two attached hydrogens (primary N) is 1. The van der Waals surface area contributed by atoms with Crippen molar-refractivity contribution in [1.82, 2.24) is 9.80 Å². The van der Waals surface area contributed by atoms with E-state index in [1.165, 1.54) is 19.4 Å². The number of nitrogens with zero attached hydrogens (tertiary/aromatic N) is 2. The van der Waals surface area contributed by atoms with E-state index in [1.807, 2.05) is 6.92 Å². The van der Waals surface area contributed by atoms with Crippen molar-refractivity contribution in [3.8, 4) is 0 Å². The topological polar surface area (TPSA) is 58.8 Å². The number of carbonyl (C=O) groups is 1. The van der Waals surface area contributed by atoms with Crippen LogP contribution in [-0.4, -0.2) is 67.7 Å². The van der Waals surface area contributed by atoms with Gasteiger partial charge >= 0.3 is 5.97 Å². The van der Waals surface area contributed by atoms with E-state index in [1.54, 1.807) is 0 Å². The molecule has 0 aromatic heterocycles. The first kappa shape index (κ1) is 14.8. The smallest absolute Gasteiger partial charge is 0.322 e. The van der Waals surface area contributed by atoms with Crippen molar-refractivity contribution in [2.75, 3.05) is 45.9 Å². The van der Waals surface area contributed by atoms with Crippen LogP contribution in [0.15, 0.2) is 0 Å². The van der Waals surface area contributed by atoms with Crippen molar-refractivity contribution in [3.05, 3.63) is 0 Å². The molecule has 2 fully saturated rings. The fourth-order valence-corrected chi connectivity index (χ4v) is 2.55. The Morgan fingerprint density at radius 2 is 1.89 bits per heavy atom. The maximum Gasteiger partial charge on any atom is 0.322 e. The van der Waals surface area contributed by atoms with Gasteiger partial charge in [-0.1, -0.05) is 0 Å². The predicted molar refractivity (Wildman–Crippen MR) is 74.8 cm³/mol. The number of ether oxygens (including phenoxy) is 1. The second-order valence-electron chi connectivity index (χ2n) is 5.73. The van der Waals surface area contributed by atoms with Gasteiger partial charge in [0.25, 0.3) is 0 Å². The number of hydrogen-bond donors (Lipinski definition) is 1. The zero-order valence-electron chi connectivity index (χ0n) is 12.0. The van der Waals surface area contributed by atoms with Crippen LogP contribution in [0.5, 0.6) is 0 Å². The Morgan fingerprint density at radius 1 is 1.26 bits per heavy atom. The van der Waals surface area contributed by atoms with Crippen LogP contribution < -0.4 is 5.73 Å². The highest BCUT2D eigenvalue weighted by molar-refractivity contribution is 5.75. The molecule has 0 aromatic carbocycles. The highest BCUT2D eigenvalue weighted by atomic mass is 16.5. The molecule has 0 aromatic rings. The molecule has 1 aliphatic heterocycles. The van der Waals surface area contributed by atoms with Gasteiger partial charge in [0.05, 0.1) is 6.61 Å². The van der Waals surface area contributed by atoms with Crippen LogP contribution in [-0.2, 0) is 9.53 Å². The lowest BCUT2D eigenvalue weighted by Gasteiger charge is -2.35. The molecule has 1 unspecified atom stereocenters. The highest BCUT2D eigenvalue weighted by Crippen LogP contribution is 2.29. The van der Waals surface area contributed by atoms with E-state index in [4.69, 9.17) is 10.5 Å². The van der Waals surface area contributed by atoms with Crippen LogP contribution in [0.3, 0.4) is 0 Å². The van der Waals surface area contributed by atoms with E-state index in [9.17, 15) is 4.79 Å². The number of carbonyl (C=O) groups excluding carboxylic acids is 1. The Labute approximate surface area is 116 Å². The molecular formula is C14H27N3O2. The van der Waals surface area contributed by atoms with Gasteiger partial charge in [-0.05, 0) is 32.1 Å². The summed E-state index contributed by atoms with van der Waals surface area (Å²) < 4.78 is 4.92. The molecular weight excluding hydrogens is 242 g/mol. The molecule has 2 aliphatic rings. The predicted octanol–water partition coefficient (Wildman–Crippen LogP) is 0.295. The molecule has 2 rings (SSSR count). The molecule has 2 N–H and O–H groups in total. The quantitative estimate of drug-likeness (QED) is 0.673. The third kappa shape index (κ3) is 5.09. The lowest BCUT2D eigenvalue weighted by molar-refractivity contribution is -0.144. The van der Waals surface area contributed by atoms with E-state index in [2.05, 4.69) is 9.80 Å². The summed E-state index contributed by atoms with van der Waals surface area (Å²) in [5.41, 5.74) is 5.81. The Hall–Kier alpha value is -0.650. The molecule has 19 heavy (non-hydrogen) atoms. The summed E-state index contributed by atoms with van der Waals surface area (Å²) in [5.74, 6) is 0.707. The van der Waals surface area contributed by atoms with Crippen LogP contribution in [0.4, 0.5) is 0 Å². The molecule has 1 aliphatic carbocycles. The highest BCUT2D eigenvalue weighted by Gasteiger charge is 2.26. The number of esters is 1. The van der Waals surface area contributed by atoms with Crippen molar-refractivity contribution >= 4 is 5.97 Å². The SMILES string of the molecule is CCOC(=O)C(N)CCN1CCN(CC2CC2)CC1. The normalized spacial score (nSPS) is 23.3. The van der Waals surface area contributed by atoms with Gasteiger partial charge in [0, 0.05) is 39.3 Å². The summed E-state index contributed by atoms with van der Waals surface area (Å²) >= 11 is 0. The molecule has 1 saturated carbocycles. The first-order valence-electron chi connectivity index (χ1n) is 7.56. The van der Waals surface area contributed by atoms with Gasteiger partial charge in [-0.3, -0.25) is 4.79 Å². The molecule has 1 atom stereocenters. The molecule has 1 heterocycles. The first-order valence-corrected chi connectivity index (χ1v) is 7.56. The van der Waals surface area contributed by atoms with E-state index in [0.29, 0.717) is 13.0 Å². The maximum absolute atomic E-state index is 11.4.